The Morgan fingerprint density at radius 3 is 2.59 bits per heavy atom. The van der Waals surface area contributed by atoms with Gasteiger partial charge in [0, 0.05) is 48.9 Å². The van der Waals surface area contributed by atoms with E-state index in [-0.39, 0.29) is 31.0 Å². The van der Waals surface area contributed by atoms with Crippen molar-refractivity contribution in [1.29, 1.82) is 0 Å². The second-order valence-corrected chi connectivity index (χ2v) is 7.49. The lowest BCUT2D eigenvalue weighted by atomic mass is 9.96. The van der Waals surface area contributed by atoms with Crippen molar-refractivity contribution in [2.24, 2.45) is 0 Å². The maximum atomic E-state index is 12.2. The summed E-state index contributed by atoms with van der Waals surface area (Å²) in [5, 5.41) is 15.8. The number of nitrogens with one attached hydrogen (secondary N) is 2. The first-order valence-electron chi connectivity index (χ1n) is 10.3. The van der Waals surface area contributed by atoms with E-state index in [2.05, 4.69) is 37.5 Å². The summed E-state index contributed by atoms with van der Waals surface area (Å²) in [5.74, 6) is -0.514. The highest BCUT2D eigenvalue weighted by Gasteiger charge is 2.15. The molecule has 0 radical (unpaired) electrons. The van der Waals surface area contributed by atoms with Gasteiger partial charge < -0.3 is 15.7 Å². The van der Waals surface area contributed by atoms with Crippen molar-refractivity contribution in [3.05, 3.63) is 78.0 Å². The first kappa shape index (κ1) is 24.6. The van der Waals surface area contributed by atoms with Gasteiger partial charge in [-0.3, -0.25) is 9.78 Å². The van der Waals surface area contributed by atoms with Crippen LogP contribution in [0.1, 0.15) is 39.3 Å². The van der Waals surface area contributed by atoms with E-state index in [0.29, 0.717) is 29.2 Å². The minimum absolute atomic E-state index is 0. The third-order valence-corrected chi connectivity index (χ3v) is 5.34. The number of nitrogens with zero attached hydrogens (tertiary/aromatic N) is 4. The molecular weight excluding hydrogens is 452 g/mol. The number of carbonyl (C=O) groups is 2. The smallest absolute Gasteiger partial charge is 0.354 e. The minimum atomic E-state index is -1.08. The van der Waals surface area contributed by atoms with Crippen LogP contribution in [0.25, 0.3) is 22.2 Å². The van der Waals surface area contributed by atoms with Crippen molar-refractivity contribution in [1.82, 2.24) is 25.3 Å². The molecule has 4 aromatic rings. The molecule has 0 spiro atoms. The Morgan fingerprint density at radius 1 is 1.06 bits per heavy atom. The molecule has 0 saturated carbocycles. The molecule has 174 valence electrons. The number of hydrogen-bond donors (Lipinski definition) is 3. The van der Waals surface area contributed by atoms with E-state index in [4.69, 9.17) is 5.11 Å². The van der Waals surface area contributed by atoms with Crippen molar-refractivity contribution in [2.75, 3.05) is 18.9 Å². The van der Waals surface area contributed by atoms with Gasteiger partial charge in [-0.05, 0) is 23.8 Å². The number of benzene rings is 1. The Kier molecular flexibility index (Phi) is 7.75. The van der Waals surface area contributed by atoms with Gasteiger partial charge in [-0.25, -0.2) is 19.7 Å². The van der Waals surface area contributed by atoms with Gasteiger partial charge in [0.1, 0.15) is 17.8 Å². The molecular formula is C24H24N6O3S. The number of hydrogen-bond acceptors (Lipinski definition) is 7. The Morgan fingerprint density at radius 2 is 1.88 bits per heavy atom. The first-order chi connectivity index (χ1) is 16.0. The van der Waals surface area contributed by atoms with Crippen molar-refractivity contribution in [3.8, 4) is 11.3 Å². The van der Waals surface area contributed by atoms with Crippen LogP contribution in [0.3, 0.4) is 0 Å². The summed E-state index contributed by atoms with van der Waals surface area (Å²) in [6.45, 7) is 2.66. The van der Waals surface area contributed by atoms with Gasteiger partial charge in [-0.2, -0.15) is 13.5 Å². The molecule has 34 heavy (non-hydrogen) atoms. The normalized spacial score (nSPS) is 11.4. The monoisotopic (exact) mass is 476 g/mol. The molecule has 1 aromatic carbocycles. The molecule has 0 unspecified atom stereocenters. The van der Waals surface area contributed by atoms with Gasteiger partial charge in [-0.1, -0.05) is 25.1 Å². The second-order valence-electron chi connectivity index (χ2n) is 7.49. The van der Waals surface area contributed by atoms with Crippen LogP contribution in [0, 0.1) is 0 Å². The Labute approximate surface area is 203 Å². The summed E-state index contributed by atoms with van der Waals surface area (Å²) < 4.78 is 0. The molecule has 1 amide bonds. The van der Waals surface area contributed by atoms with E-state index < -0.39 is 5.97 Å². The van der Waals surface area contributed by atoms with Crippen LogP contribution in [0.5, 0.6) is 0 Å². The highest BCUT2D eigenvalue weighted by molar-refractivity contribution is 7.59. The summed E-state index contributed by atoms with van der Waals surface area (Å²) >= 11 is 0. The van der Waals surface area contributed by atoms with Crippen LogP contribution in [0.4, 0.5) is 5.82 Å². The van der Waals surface area contributed by atoms with Gasteiger partial charge in [0.15, 0.2) is 0 Å². The van der Waals surface area contributed by atoms with E-state index in [9.17, 15) is 9.59 Å². The minimum Gasteiger partial charge on any atom is -0.477 e. The van der Waals surface area contributed by atoms with E-state index in [0.717, 1.165) is 16.5 Å². The predicted molar refractivity (Wildman–Crippen MR) is 135 cm³/mol. The zero-order valence-electron chi connectivity index (χ0n) is 18.6. The van der Waals surface area contributed by atoms with Crippen molar-refractivity contribution in [2.45, 2.75) is 12.8 Å². The highest BCUT2D eigenvalue weighted by atomic mass is 32.1. The summed E-state index contributed by atoms with van der Waals surface area (Å²) in [5.41, 5.74) is 3.70. The number of carboxylic acid groups (broad SMARTS) is 1. The van der Waals surface area contributed by atoms with Crippen LogP contribution in [-0.2, 0) is 0 Å². The van der Waals surface area contributed by atoms with E-state index in [1.54, 1.807) is 31.4 Å². The topological polar surface area (TPSA) is 130 Å². The molecule has 0 bridgehead atoms. The Bertz CT molecular complexity index is 1330. The Balaban J connectivity index is 0.00000324. The van der Waals surface area contributed by atoms with E-state index in [1.807, 2.05) is 18.2 Å². The molecule has 4 rings (SSSR count). The van der Waals surface area contributed by atoms with Crippen LogP contribution >= 0.6 is 13.5 Å². The van der Waals surface area contributed by atoms with Gasteiger partial charge >= 0.3 is 5.97 Å². The second kappa shape index (κ2) is 10.7. The van der Waals surface area contributed by atoms with Gasteiger partial charge in [0.25, 0.3) is 5.91 Å². The molecule has 0 aliphatic rings. The summed E-state index contributed by atoms with van der Waals surface area (Å²) in [4.78, 5) is 40.2. The molecule has 0 saturated heterocycles. The lowest BCUT2D eigenvalue weighted by Crippen LogP contribution is -2.18. The standard InChI is InChI=1S/C24H22N6O3.H2S/c1-14(16-4-3-5-17-18(23(31)25-2)8-9-26-22(16)17)11-28-21-10-20(29-13-30-21)15-6-7-19(24(32)33)27-12-15;/h3-10,12-14H,11H2,1-2H3,(H,25,31)(H,32,33)(H,28,29,30);1H2/t14-;/m1./s1. The zero-order valence-corrected chi connectivity index (χ0v) is 19.6. The first-order valence-corrected chi connectivity index (χ1v) is 10.3. The fourth-order valence-electron chi connectivity index (χ4n) is 3.58. The van der Waals surface area contributed by atoms with Crippen molar-refractivity contribution >= 4 is 42.1 Å². The SMILES string of the molecule is CNC(=O)c1ccnc2c([C@H](C)CNc3cc(-c4ccc(C(=O)O)nc4)ncn3)cccc12.S. The lowest BCUT2D eigenvalue weighted by molar-refractivity contribution is 0.0690. The fraction of sp³-hybridized carbons (Fsp3) is 0.167. The van der Waals surface area contributed by atoms with Crippen LogP contribution < -0.4 is 10.6 Å². The molecule has 0 aliphatic carbocycles. The number of anilines is 1. The number of para-hydroxylation sites is 1. The lowest BCUT2D eigenvalue weighted by Gasteiger charge is -2.16. The van der Waals surface area contributed by atoms with Gasteiger partial charge in [-0.15, -0.1) is 0 Å². The Hall–Kier alpha value is -4.05. The average molecular weight is 477 g/mol. The number of aromatic carboxylic acids is 1. The third-order valence-electron chi connectivity index (χ3n) is 5.34. The number of amides is 1. The summed E-state index contributed by atoms with van der Waals surface area (Å²) in [6, 6.07) is 12.4. The summed E-state index contributed by atoms with van der Waals surface area (Å²) in [6.07, 6.45) is 4.57. The predicted octanol–water partition coefficient (Wildman–Crippen LogP) is 3.47. The number of aromatic nitrogens is 4. The molecule has 1 atom stereocenters. The van der Waals surface area contributed by atoms with E-state index >= 15 is 0 Å². The quantitative estimate of drug-likeness (QED) is 0.370. The summed E-state index contributed by atoms with van der Waals surface area (Å²) in [7, 11) is 1.61. The van der Waals surface area contributed by atoms with Crippen molar-refractivity contribution < 1.29 is 14.7 Å². The average Bonchev–Trinajstić information content (AvgIpc) is 2.86. The third kappa shape index (κ3) is 5.12. The van der Waals surface area contributed by atoms with Gasteiger partial charge in [0.05, 0.1) is 16.8 Å². The van der Waals surface area contributed by atoms with Crippen LogP contribution in [-0.4, -0.2) is 50.5 Å². The number of rotatable bonds is 7. The molecule has 0 fully saturated rings. The zero-order chi connectivity index (χ0) is 23.4. The van der Waals surface area contributed by atoms with Gasteiger partial charge in [0.2, 0.25) is 0 Å². The molecule has 3 aromatic heterocycles. The number of pyridine rings is 2. The highest BCUT2D eigenvalue weighted by Crippen LogP contribution is 2.27. The number of fused-ring (bicyclic) bond motifs is 1. The molecule has 3 N–H and O–H groups in total. The molecule has 9 nitrogen and oxygen atoms in total. The maximum absolute atomic E-state index is 12.2. The van der Waals surface area contributed by atoms with Crippen LogP contribution in [0.15, 0.2) is 61.2 Å². The molecule has 10 heteroatoms. The number of carboxylic acids is 1. The largest absolute Gasteiger partial charge is 0.477 e. The molecule has 3 heterocycles. The number of carbonyl (C=O) groups excluding carboxylic acids is 1. The van der Waals surface area contributed by atoms with E-state index in [1.165, 1.54) is 18.6 Å². The van der Waals surface area contributed by atoms with Crippen molar-refractivity contribution in [3.63, 3.8) is 0 Å². The fourth-order valence-corrected chi connectivity index (χ4v) is 3.58. The molecule has 0 aliphatic heterocycles. The maximum Gasteiger partial charge on any atom is 0.354 e. The van der Waals surface area contributed by atoms with Crippen LogP contribution in [0.2, 0.25) is 0 Å².